The Hall–Kier alpha value is -0.870. The standard InChI is InChI=1S/C10H14NO2S/c1-3-11(4-2)14(12,13)10-8-6-5-7-9-10/h5-9H,1,3-4H2,2H3. The van der Waals surface area contributed by atoms with Gasteiger partial charge in [-0.05, 0) is 19.1 Å². The fraction of sp³-hybridized carbons (Fsp3) is 0.300. The number of hydrogen-bond acceptors (Lipinski definition) is 2. The van der Waals surface area contributed by atoms with E-state index in [1.165, 1.54) is 4.31 Å². The molecule has 0 aliphatic carbocycles. The quantitative estimate of drug-likeness (QED) is 0.759. The topological polar surface area (TPSA) is 37.4 Å². The molecule has 0 fully saturated rings. The third kappa shape index (κ3) is 2.13. The number of nitrogens with zero attached hydrogens (tertiary/aromatic N) is 1. The number of benzene rings is 1. The third-order valence-electron chi connectivity index (χ3n) is 1.98. The minimum atomic E-state index is -3.33. The van der Waals surface area contributed by atoms with Crippen molar-refractivity contribution in [2.75, 3.05) is 13.1 Å². The fourth-order valence-corrected chi connectivity index (χ4v) is 2.57. The molecule has 1 aromatic carbocycles. The highest BCUT2D eigenvalue weighted by atomic mass is 32.2. The first-order valence-corrected chi connectivity index (χ1v) is 5.91. The lowest BCUT2D eigenvalue weighted by Crippen LogP contribution is -2.30. The number of hydrogen-bond donors (Lipinski definition) is 0. The van der Waals surface area contributed by atoms with Crippen LogP contribution in [-0.4, -0.2) is 25.8 Å². The summed E-state index contributed by atoms with van der Waals surface area (Å²) in [7, 11) is -3.33. The van der Waals surface area contributed by atoms with Crippen LogP contribution in [0.25, 0.3) is 0 Å². The summed E-state index contributed by atoms with van der Waals surface area (Å²) in [6.07, 6.45) is 0. The van der Waals surface area contributed by atoms with Gasteiger partial charge < -0.3 is 0 Å². The summed E-state index contributed by atoms with van der Waals surface area (Å²) in [6, 6.07) is 8.40. The highest BCUT2D eigenvalue weighted by molar-refractivity contribution is 7.89. The van der Waals surface area contributed by atoms with Gasteiger partial charge in [-0.15, -0.1) is 0 Å². The Labute approximate surface area is 85.4 Å². The molecule has 0 aliphatic rings. The molecule has 77 valence electrons. The highest BCUT2D eigenvalue weighted by Crippen LogP contribution is 2.13. The molecule has 0 aliphatic heterocycles. The van der Waals surface area contributed by atoms with E-state index >= 15 is 0 Å². The van der Waals surface area contributed by atoms with Crippen molar-refractivity contribution in [1.82, 2.24) is 4.31 Å². The van der Waals surface area contributed by atoms with Gasteiger partial charge in [-0.2, -0.15) is 4.31 Å². The maximum absolute atomic E-state index is 11.9. The van der Waals surface area contributed by atoms with Crippen molar-refractivity contribution < 1.29 is 8.42 Å². The van der Waals surface area contributed by atoms with Crippen molar-refractivity contribution in [2.45, 2.75) is 11.8 Å². The molecule has 0 aromatic heterocycles. The monoisotopic (exact) mass is 212 g/mol. The zero-order valence-electron chi connectivity index (χ0n) is 8.18. The lowest BCUT2D eigenvalue weighted by atomic mass is 10.4. The lowest BCUT2D eigenvalue weighted by molar-refractivity contribution is 0.458. The molecular weight excluding hydrogens is 198 g/mol. The van der Waals surface area contributed by atoms with Gasteiger partial charge in [0, 0.05) is 13.1 Å². The molecule has 3 nitrogen and oxygen atoms in total. The van der Waals surface area contributed by atoms with Crippen LogP contribution < -0.4 is 0 Å². The first kappa shape index (κ1) is 11.2. The maximum Gasteiger partial charge on any atom is 0.243 e. The number of sulfonamides is 1. The predicted octanol–water partition coefficient (Wildman–Crippen LogP) is 1.53. The van der Waals surface area contributed by atoms with Crippen LogP contribution in [0.4, 0.5) is 0 Å². The average Bonchev–Trinajstić information content (AvgIpc) is 2.20. The van der Waals surface area contributed by atoms with Crippen molar-refractivity contribution in [3.05, 3.63) is 37.3 Å². The summed E-state index contributed by atoms with van der Waals surface area (Å²) in [4.78, 5) is 0.325. The van der Waals surface area contributed by atoms with Gasteiger partial charge in [-0.1, -0.05) is 25.1 Å². The molecule has 0 unspecified atom stereocenters. The SMILES string of the molecule is [CH2]CN(CC)S(=O)(=O)c1ccccc1. The summed E-state index contributed by atoms with van der Waals surface area (Å²) < 4.78 is 25.1. The zero-order valence-corrected chi connectivity index (χ0v) is 9.00. The second kappa shape index (κ2) is 4.57. The molecule has 1 radical (unpaired) electrons. The van der Waals surface area contributed by atoms with Gasteiger partial charge in [-0.25, -0.2) is 8.42 Å². The Morgan fingerprint density at radius 2 is 1.86 bits per heavy atom. The fourth-order valence-electron chi connectivity index (χ4n) is 1.19. The Morgan fingerprint density at radius 3 is 2.29 bits per heavy atom. The molecule has 1 rings (SSSR count). The molecule has 0 atom stereocenters. The largest absolute Gasteiger partial charge is 0.243 e. The molecule has 14 heavy (non-hydrogen) atoms. The zero-order chi connectivity index (χ0) is 10.6. The molecule has 0 N–H and O–H groups in total. The molecule has 1 aromatic rings. The van der Waals surface area contributed by atoms with E-state index < -0.39 is 10.0 Å². The van der Waals surface area contributed by atoms with E-state index in [0.717, 1.165) is 0 Å². The van der Waals surface area contributed by atoms with Crippen molar-refractivity contribution in [2.24, 2.45) is 0 Å². The van der Waals surface area contributed by atoms with Crippen LogP contribution in [0.2, 0.25) is 0 Å². The van der Waals surface area contributed by atoms with Crippen LogP contribution in [0, 0.1) is 6.92 Å². The summed E-state index contributed by atoms with van der Waals surface area (Å²) >= 11 is 0. The molecule has 0 bridgehead atoms. The van der Waals surface area contributed by atoms with Crippen LogP contribution in [0.15, 0.2) is 35.2 Å². The molecule has 0 heterocycles. The lowest BCUT2D eigenvalue weighted by Gasteiger charge is -2.17. The summed E-state index contributed by atoms with van der Waals surface area (Å²) in [5.41, 5.74) is 0. The van der Waals surface area contributed by atoms with Gasteiger partial charge in [0.15, 0.2) is 0 Å². The Kier molecular flexibility index (Phi) is 3.66. The molecule has 4 heteroatoms. The van der Waals surface area contributed by atoms with Crippen LogP contribution in [0.5, 0.6) is 0 Å². The summed E-state index contributed by atoms with van der Waals surface area (Å²) in [5, 5.41) is 0. The van der Waals surface area contributed by atoms with Crippen LogP contribution in [-0.2, 0) is 10.0 Å². The molecule has 0 saturated carbocycles. The van der Waals surface area contributed by atoms with Crippen molar-refractivity contribution >= 4 is 10.0 Å². The van der Waals surface area contributed by atoms with Crippen LogP contribution in [0.1, 0.15) is 6.92 Å². The predicted molar refractivity (Wildman–Crippen MR) is 56.2 cm³/mol. The minimum Gasteiger partial charge on any atom is -0.207 e. The Morgan fingerprint density at radius 1 is 1.29 bits per heavy atom. The van der Waals surface area contributed by atoms with Gasteiger partial charge in [0.25, 0.3) is 0 Å². The average molecular weight is 212 g/mol. The molecule has 0 amide bonds. The van der Waals surface area contributed by atoms with Gasteiger partial charge in [0.2, 0.25) is 10.0 Å². The number of rotatable bonds is 4. The molecule has 0 spiro atoms. The van der Waals surface area contributed by atoms with E-state index in [0.29, 0.717) is 11.4 Å². The van der Waals surface area contributed by atoms with E-state index in [9.17, 15) is 8.42 Å². The van der Waals surface area contributed by atoms with Gasteiger partial charge in [-0.3, -0.25) is 0 Å². The highest BCUT2D eigenvalue weighted by Gasteiger charge is 2.20. The maximum atomic E-state index is 11.9. The van der Waals surface area contributed by atoms with E-state index in [1.807, 2.05) is 0 Å². The van der Waals surface area contributed by atoms with Crippen molar-refractivity contribution in [1.29, 1.82) is 0 Å². The van der Waals surface area contributed by atoms with Crippen LogP contribution >= 0.6 is 0 Å². The molecule has 0 saturated heterocycles. The van der Waals surface area contributed by atoms with Gasteiger partial charge in [0.1, 0.15) is 0 Å². The van der Waals surface area contributed by atoms with Crippen LogP contribution in [0.3, 0.4) is 0 Å². The molecular formula is C10H14NO2S. The second-order valence-electron chi connectivity index (χ2n) is 2.81. The smallest absolute Gasteiger partial charge is 0.207 e. The van der Waals surface area contributed by atoms with Gasteiger partial charge >= 0.3 is 0 Å². The normalized spacial score (nSPS) is 11.9. The second-order valence-corrected chi connectivity index (χ2v) is 4.75. The Balaban J connectivity index is 3.08. The minimum absolute atomic E-state index is 0.258. The first-order chi connectivity index (χ1) is 6.62. The van der Waals surface area contributed by atoms with E-state index in [1.54, 1.807) is 37.3 Å². The van der Waals surface area contributed by atoms with E-state index in [-0.39, 0.29) is 6.54 Å². The summed E-state index contributed by atoms with van der Waals surface area (Å²) in [5.74, 6) is 0. The van der Waals surface area contributed by atoms with Crippen molar-refractivity contribution in [3.8, 4) is 0 Å². The Bertz CT molecular complexity index is 368. The van der Waals surface area contributed by atoms with Crippen molar-refractivity contribution in [3.63, 3.8) is 0 Å². The first-order valence-electron chi connectivity index (χ1n) is 4.47. The van der Waals surface area contributed by atoms with E-state index in [2.05, 4.69) is 6.92 Å². The third-order valence-corrected chi connectivity index (χ3v) is 3.97. The van der Waals surface area contributed by atoms with E-state index in [4.69, 9.17) is 0 Å². The van der Waals surface area contributed by atoms with Gasteiger partial charge in [0.05, 0.1) is 4.90 Å². The summed E-state index contributed by atoms with van der Waals surface area (Å²) in [6.45, 7) is 6.10.